The van der Waals surface area contributed by atoms with Gasteiger partial charge in [0.15, 0.2) is 0 Å². The minimum Gasteiger partial charge on any atom is -0.359 e. The number of amides is 1. The smallest absolute Gasteiger partial charge is 0.258 e. The highest BCUT2D eigenvalue weighted by Gasteiger charge is 2.35. The third-order valence-electron chi connectivity index (χ3n) is 4.00. The highest BCUT2D eigenvalue weighted by Crippen LogP contribution is 2.34. The lowest BCUT2D eigenvalue weighted by atomic mass is 10.0. The molecule has 0 saturated carbocycles. The molecule has 2 aromatic rings. The van der Waals surface area contributed by atoms with Gasteiger partial charge in [0.1, 0.15) is 6.17 Å². The summed E-state index contributed by atoms with van der Waals surface area (Å²) in [5, 5.41) is 3.45. The van der Waals surface area contributed by atoms with Gasteiger partial charge in [-0.1, -0.05) is 25.1 Å². The predicted molar refractivity (Wildman–Crippen MR) is 83.0 cm³/mol. The van der Waals surface area contributed by atoms with E-state index in [0.29, 0.717) is 0 Å². The Morgan fingerprint density at radius 1 is 1.24 bits per heavy atom. The largest absolute Gasteiger partial charge is 0.359 e. The molecular weight excluding hydrogens is 262 g/mol. The molecule has 4 nitrogen and oxygen atoms in total. The average molecular weight is 281 g/mol. The molecule has 0 bridgehead atoms. The maximum Gasteiger partial charge on any atom is 0.258 e. The van der Waals surface area contributed by atoms with E-state index in [9.17, 15) is 4.79 Å². The number of aromatic nitrogens is 1. The van der Waals surface area contributed by atoms with Crippen LogP contribution >= 0.6 is 0 Å². The predicted octanol–water partition coefficient (Wildman–Crippen LogP) is 3.45. The number of hydrogen-bond donors (Lipinski definition) is 1. The van der Waals surface area contributed by atoms with Gasteiger partial charge in [-0.3, -0.25) is 9.78 Å². The SMILES string of the molecule is CC[C@@H](C)N1C(=O)c2ccccc2N[C@@H]1c1ccccn1. The molecule has 0 radical (unpaired) electrons. The highest BCUT2D eigenvalue weighted by atomic mass is 16.2. The Bertz CT molecular complexity index is 641. The molecule has 0 fully saturated rings. The van der Waals surface area contributed by atoms with Crippen LogP contribution < -0.4 is 5.32 Å². The summed E-state index contributed by atoms with van der Waals surface area (Å²) in [6.07, 6.45) is 2.44. The number of carbonyl (C=O) groups is 1. The van der Waals surface area contributed by atoms with Crippen molar-refractivity contribution in [3.63, 3.8) is 0 Å². The van der Waals surface area contributed by atoms with Crippen LogP contribution in [0.3, 0.4) is 0 Å². The van der Waals surface area contributed by atoms with Crippen molar-refractivity contribution < 1.29 is 4.79 Å². The van der Waals surface area contributed by atoms with Crippen LogP contribution in [0.5, 0.6) is 0 Å². The number of rotatable bonds is 3. The van der Waals surface area contributed by atoms with Gasteiger partial charge in [-0.2, -0.15) is 0 Å². The Morgan fingerprint density at radius 2 is 2.00 bits per heavy atom. The van der Waals surface area contributed by atoms with Crippen LogP contribution in [0.2, 0.25) is 0 Å². The molecule has 3 rings (SSSR count). The summed E-state index contributed by atoms with van der Waals surface area (Å²) in [7, 11) is 0. The van der Waals surface area contributed by atoms with Gasteiger partial charge in [0.05, 0.1) is 11.3 Å². The maximum atomic E-state index is 12.9. The van der Waals surface area contributed by atoms with Crippen molar-refractivity contribution in [2.45, 2.75) is 32.5 Å². The minimum absolute atomic E-state index is 0.0642. The van der Waals surface area contributed by atoms with Gasteiger partial charge < -0.3 is 10.2 Å². The van der Waals surface area contributed by atoms with Crippen molar-refractivity contribution in [1.82, 2.24) is 9.88 Å². The van der Waals surface area contributed by atoms with E-state index < -0.39 is 0 Å². The molecule has 1 amide bonds. The lowest BCUT2D eigenvalue weighted by Crippen LogP contribution is -2.47. The summed E-state index contributed by atoms with van der Waals surface area (Å²) in [5.41, 5.74) is 2.46. The van der Waals surface area contributed by atoms with E-state index in [1.165, 1.54) is 0 Å². The fourth-order valence-corrected chi connectivity index (χ4v) is 2.67. The van der Waals surface area contributed by atoms with Gasteiger partial charge in [-0.15, -0.1) is 0 Å². The number of nitrogens with one attached hydrogen (secondary N) is 1. The third kappa shape index (κ3) is 2.37. The van der Waals surface area contributed by atoms with Crippen LogP contribution in [-0.4, -0.2) is 21.8 Å². The normalized spacial score (nSPS) is 18.9. The molecule has 2 heterocycles. The molecule has 0 unspecified atom stereocenters. The average Bonchev–Trinajstić information content (AvgIpc) is 2.55. The van der Waals surface area contributed by atoms with Crippen LogP contribution in [0.1, 0.15) is 42.5 Å². The van der Waals surface area contributed by atoms with E-state index in [0.717, 1.165) is 23.4 Å². The first-order valence-corrected chi connectivity index (χ1v) is 7.31. The van der Waals surface area contributed by atoms with Gasteiger partial charge in [0, 0.05) is 17.9 Å². The first-order valence-electron chi connectivity index (χ1n) is 7.31. The lowest BCUT2D eigenvalue weighted by Gasteiger charge is -2.40. The van der Waals surface area contributed by atoms with Gasteiger partial charge in [-0.05, 0) is 37.6 Å². The van der Waals surface area contributed by atoms with Gasteiger partial charge in [0.25, 0.3) is 5.91 Å². The summed E-state index contributed by atoms with van der Waals surface area (Å²) in [6, 6.07) is 13.6. The zero-order chi connectivity index (χ0) is 14.8. The lowest BCUT2D eigenvalue weighted by molar-refractivity contribution is 0.0589. The quantitative estimate of drug-likeness (QED) is 0.937. The van der Waals surface area contributed by atoms with Gasteiger partial charge in [0.2, 0.25) is 0 Å². The van der Waals surface area contributed by atoms with Gasteiger partial charge >= 0.3 is 0 Å². The number of pyridine rings is 1. The van der Waals surface area contributed by atoms with Crippen molar-refractivity contribution in [2.75, 3.05) is 5.32 Å². The number of fused-ring (bicyclic) bond motifs is 1. The molecule has 1 aromatic heterocycles. The Hall–Kier alpha value is -2.36. The highest BCUT2D eigenvalue weighted by molar-refractivity contribution is 6.01. The second kappa shape index (κ2) is 5.56. The molecule has 1 aromatic carbocycles. The number of para-hydroxylation sites is 1. The first kappa shape index (κ1) is 13.6. The molecule has 1 aliphatic heterocycles. The van der Waals surface area contributed by atoms with E-state index in [1.54, 1.807) is 6.20 Å². The summed E-state index contributed by atoms with van der Waals surface area (Å²) in [5.74, 6) is 0.0642. The monoisotopic (exact) mass is 281 g/mol. The van der Waals surface area contributed by atoms with Crippen molar-refractivity contribution >= 4 is 11.6 Å². The molecule has 21 heavy (non-hydrogen) atoms. The summed E-state index contributed by atoms with van der Waals surface area (Å²) in [4.78, 5) is 19.2. The Kier molecular flexibility index (Phi) is 3.60. The molecule has 4 heteroatoms. The standard InChI is InChI=1S/C17H19N3O/c1-3-12(2)20-16(15-10-6-7-11-18-15)19-14-9-5-4-8-13(14)17(20)21/h4-12,16,19H,3H2,1-2H3/t12-,16+/m1/s1. The van der Waals surface area contributed by atoms with E-state index in [4.69, 9.17) is 0 Å². The maximum absolute atomic E-state index is 12.9. The number of anilines is 1. The van der Waals surface area contributed by atoms with Crippen molar-refractivity contribution in [3.05, 3.63) is 59.9 Å². The summed E-state index contributed by atoms with van der Waals surface area (Å²) >= 11 is 0. The second-order valence-corrected chi connectivity index (χ2v) is 5.32. The van der Waals surface area contributed by atoms with Crippen LogP contribution in [-0.2, 0) is 0 Å². The number of benzene rings is 1. The molecule has 0 aliphatic carbocycles. The molecule has 2 atom stereocenters. The second-order valence-electron chi connectivity index (χ2n) is 5.32. The Labute approximate surface area is 124 Å². The summed E-state index contributed by atoms with van der Waals surface area (Å²) < 4.78 is 0. The van der Waals surface area contributed by atoms with Crippen molar-refractivity contribution in [3.8, 4) is 0 Å². The van der Waals surface area contributed by atoms with Crippen LogP contribution in [0, 0.1) is 0 Å². The first-order chi connectivity index (χ1) is 10.2. The number of nitrogens with zero attached hydrogens (tertiary/aromatic N) is 2. The van der Waals surface area contributed by atoms with E-state index in [1.807, 2.05) is 47.4 Å². The topological polar surface area (TPSA) is 45.2 Å². The number of hydrogen-bond acceptors (Lipinski definition) is 3. The number of carbonyl (C=O) groups excluding carboxylic acids is 1. The van der Waals surface area contributed by atoms with E-state index in [2.05, 4.69) is 24.1 Å². The fraction of sp³-hybridized carbons (Fsp3) is 0.294. The molecule has 108 valence electrons. The van der Waals surface area contributed by atoms with Crippen molar-refractivity contribution in [1.29, 1.82) is 0 Å². The third-order valence-corrected chi connectivity index (χ3v) is 4.00. The van der Waals surface area contributed by atoms with Crippen LogP contribution in [0.15, 0.2) is 48.7 Å². The molecule has 0 spiro atoms. The van der Waals surface area contributed by atoms with Crippen LogP contribution in [0.4, 0.5) is 5.69 Å². The van der Waals surface area contributed by atoms with E-state index >= 15 is 0 Å². The molecule has 0 saturated heterocycles. The van der Waals surface area contributed by atoms with Gasteiger partial charge in [-0.25, -0.2) is 0 Å². The zero-order valence-corrected chi connectivity index (χ0v) is 12.3. The Morgan fingerprint density at radius 3 is 2.71 bits per heavy atom. The minimum atomic E-state index is -0.219. The van der Waals surface area contributed by atoms with Crippen molar-refractivity contribution in [2.24, 2.45) is 0 Å². The van der Waals surface area contributed by atoms with E-state index in [-0.39, 0.29) is 18.1 Å². The molecule has 1 N–H and O–H groups in total. The Balaban J connectivity index is 2.07. The fourth-order valence-electron chi connectivity index (χ4n) is 2.67. The summed E-state index contributed by atoms with van der Waals surface area (Å²) in [6.45, 7) is 4.16. The molecule has 1 aliphatic rings. The van der Waals surface area contributed by atoms with Crippen LogP contribution in [0.25, 0.3) is 0 Å². The zero-order valence-electron chi connectivity index (χ0n) is 12.3. The molecular formula is C17H19N3O.